The summed E-state index contributed by atoms with van der Waals surface area (Å²) in [6.45, 7) is 0.251. The first-order valence-electron chi connectivity index (χ1n) is 4.16. The van der Waals surface area contributed by atoms with Gasteiger partial charge in [0.1, 0.15) is 6.61 Å². The van der Waals surface area contributed by atoms with Crippen LogP contribution in [0.2, 0.25) is 0 Å². The van der Waals surface area contributed by atoms with Crippen LogP contribution in [0.4, 0.5) is 0 Å². The van der Waals surface area contributed by atoms with Gasteiger partial charge in [0.15, 0.2) is 0 Å². The van der Waals surface area contributed by atoms with Crippen LogP contribution >= 0.6 is 12.2 Å². The Labute approximate surface area is 88.2 Å². The molecule has 0 aliphatic heterocycles. The predicted octanol–water partition coefficient (Wildman–Crippen LogP) is 2.24. The third-order valence-corrected chi connectivity index (χ3v) is 1.72. The second-order valence-corrected chi connectivity index (χ2v) is 2.80. The summed E-state index contributed by atoms with van der Waals surface area (Å²) < 4.78 is 4.73. The van der Waals surface area contributed by atoms with Crippen LogP contribution in [0.15, 0.2) is 36.4 Å². The number of thiocarbonyl (C=S) groups is 1. The average molecular weight is 206 g/mol. The summed E-state index contributed by atoms with van der Waals surface area (Å²) in [5, 5.41) is 0.982. The van der Waals surface area contributed by atoms with Crippen molar-refractivity contribution in [2.24, 2.45) is 0 Å². The molecule has 14 heavy (non-hydrogen) atoms. The maximum absolute atomic E-state index is 10.6. The number of carbonyl (C=O) groups excluding carboxylic acids is 1. The molecule has 0 bridgehead atoms. The molecule has 0 N–H and O–H groups in total. The molecule has 0 saturated carbocycles. The third-order valence-electron chi connectivity index (χ3n) is 1.53. The van der Waals surface area contributed by atoms with E-state index in [0.717, 1.165) is 10.9 Å². The Balaban J connectivity index is 2.35. The van der Waals surface area contributed by atoms with Crippen molar-refractivity contribution >= 4 is 29.6 Å². The first-order valence-corrected chi connectivity index (χ1v) is 4.63. The molecule has 3 heteroatoms. The number of hydrogen-bond acceptors (Lipinski definition) is 3. The predicted molar refractivity (Wildman–Crippen MR) is 60.1 cm³/mol. The van der Waals surface area contributed by atoms with E-state index in [4.69, 9.17) is 4.74 Å². The summed E-state index contributed by atoms with van der Waals surface area (Å²) in [5.41, 5.74) is 1.07. The van der Waals surface area contributed by atoms with Gasteiger partial charge in [-0.05, 0) is 11.6 Å². The molecule has 1 rings (SSSR count). The fraction of sp³-hybridized carbons (Fsp3) is 0.0909. The molecule has 0 aliphatic carbocycles. The average Bonchev–Trinajstić information content (AvgIpc) is 2.25. The van der Waals surface area contributed by atoms with E-state index in [2.05, 4.69) is 12.2 Å². The summed E-state index contributed by atoms with van der Waals surface area (Å²) in [6, 6.07) is 9.78. The van der Waals surface area contributed by atoms with Crippen molar-refractivity contribution in [3.63, 3.8) is 0 Å². The van der Waals surface area contributed by atoms with Crippen LogP contribution < -0.4 is 0 Å². The van der Waals surface area contributed by atoms with Gasteiger partial charge >= 0.3 is 5.97 Å². The van der Waals surface area contributed by atoms with Crippen LogP contribution in [0.1, 0.15) is 5.56 Å². The highest BCUT2D eigenvalue weighted by atomic mass is 32.1. The van der Waals surface area contributed by atoms with Gasteiger partial charge in [-0.15, -0.1) is 0 Å². The number of benzene rings is 1. The standard InChI is InChI=1S/C11H10O2S/c12-11(9-14)13-8-4-7-10-5-2-1-3-6-10/h1-7,9H,8H2. The number of esters is 1. The molecule has 0 heterocycles. The summed E-state index contributed by atoms with van der Waals surface area (Å²) in [6.07, 6.45) is 3.66. The van der Waals surface area contributed by atoms with Gasteiger partial charge in [-0.3, -0.25) is 0 Å². The highest BCUT2D eigenvalue weighted by Gasteiger charge is 1.91. The maximum atomic E-state index is 10.6. The van der Waals surface area contributed by atoms with E-state index in [9.17, 15) is 4.79 Å². The summed E-state index contributed by atoms with van der Waals surface area (Å²) in [5.74, 6) is -0.474. The van der Waals surface area contributed by atoms with E-state index in [1.807, 2.05) is 36.4 Å². The fourth-order valence-electron chi connectivity index (χ4n) is 0.913. The van der Waals surface area contributed by atoms with E-state index in [1.54, 1.807) is 6.08 Å². The van der Waals surface area contributed by atoms with E-state index in [0.29, 0.717) is 0 Å². The molecule has 0 atom stereocenters. The van der Waals surface area contributed by atoms with Crippen LogP contribution in [0.5, 0.6) is 0 Å². The second kappa shape index (κ2) is 6.05. The van der Waals surface area contributed by atoms with Crippen molar-refractivity contribution in [1.29, 1.82) is 0 Å². The Morgan fingerprint density at radius 1 is 1.36 bits per heavy atom. The first kappa shape index (κ1) is 10.6. The van der Waals surface area contributed by atoms with Gasteiger partial charge in [-0.25, -0.2) is 4.79 Å². The Morgan fingerprint density at radius 3 is 2.71 bits per heavy atom. The summed E-state index contributed by atoms with van der Waals surface area (Å²) in [4.78, 5) is 10.6. The quantitative estimate of drug-likeness (QED) is 0.558. The molecule has 0 fully saturated rings. The molecule has 0 spiro atoms. The van der Waals surface area contributed by atoms with Crippen LogP contribution in [-0.4, -0.2) is 17.9 Å². The summed E-state index contributed by atoms with van der Waals surface area (Å²) in [7, 11) is 0. The number of carbonyl (C=O) groups is 1. The number of hydrogen-bond donors (Lipinski definition) is 0. The summed E-state index contributed by atoms with van der Waals surface area (Å²) >= 11 is 4.39. The molecule has 2 nitrogen and oxygen atoms in total. The fourth-order valence-corrected chi connectivity index (χ4v) is 0.981. The Morgan fingerprint density at radius 2 is 2.07 bits per heavy atom. The highest BCUT2D eigenvalue weighted by molar-refractivity contribution is 7.80. The van der Waals surface area contributed by atoms with Gasteiger partial charge in [0.2, 0.25) is 0 Å². The van der Waals surface area contributed by atoms with Crippen molar-refractivity contribution < 1.29 is 9.53 Å². The van der Waals surface area contributed by atoms with Gasteiger partial charge in [0, 0.05) is 0 Å². The highest BCUT2D eigenvalue weighted by Crippen LogP contribution is 2.00. The van der Waals surface area contributed by atoms with Crippen molar-refractivity contribution in [1.82, 2.24) is 0 Å². The molecule has 0 saturated heterocycles. The monoisotopic (exact) mass is 206 g/mol. The molecule has 0 unspecified atom stereocenters. The lowest BCUT2D eigenvalue weighted by Gasteiger charge is -1.95. The number of ether oxygens (including phenoxy) is 1. The molecule has 72 valence electrons. The topological polar surface area (TPSA) is 26.3 Å². The molecule has 0 radical (unpaired) electrons. The van der Waals surface area contributed by atoms with Gasteiger partial charge in [-0.1, -0.05) is 48.6 Å². The second-order valence-electron chi connectivity index (χ2n) is 2.56. The SMILES string of the molecule is O=C(C=S)OCC=Cc1ccccc1. The smallest absolute Gasteiger partial charge is 0.342 e. The Kier molecular flexibility index (Phi) is 4.58. The van der Waals surface area contributed by atoms with Crippen LogP contribution in [0.3, 0.4) is 0 Å². The van der Waals surface area contributed by atoms with Gasteiger partial charge in [0.25, 0.3) is 0 Å². The Hall–Kier alpha value is -1.48. The molecular weight excluding hydrogens is 196 g/mol. The van der Waals surface area contributed by atoms with E-state index >= 15 is 0 Å². The molecule has 1 aromatic carbocycles. The Bertz CT molecular complexity index is 330. The van der Waals surface area contributed by atoms with E-state index in [1.165, 1.54) is 0 Å². The van der Waals surface area contributed by atoms with Crippen molar-refractivity contribution in [3.05, 3.63) is 42.0 Å². The molecular formula is C11H10O2S. The van der Waals surface area contributed by atoms with Crippen LogP contribution in [-0.2, 0) is 9.53 Å². The molecule has 0 amide bonds. The molecule has 0 aromatic heterocycles. The molecule has 1 aromatic rings. The minimum absolute atomic E-state index is 0.251. The lowest BCUT2D eigenvalue weighted by molar-refractivity contribution is -0.133. The third kappa shape index (κ3) is 3.96. The minimum atomic E-state index is -0.474. The minimum Gasteiger partial charge on any atom is -0.458 e. The lowest BCUT2D eigenvalue weighted by atomic mass is 10.2. The number of rotatable bonds is 4. The normalized spacial score (nSPS) is 10.0. The van der Waals surface area contributed by atoms with Gasteiger partial charge in [0.05, 0.1) is 5.37 Å². The van der Waals surface area contributed by atoms with Crippen molar-refractivity contribution in [2.45, 2.75) is 0 Å². The van der Waals surface area contributed by atoms with Crippen molar-refractivity contribution in [3.8, 4) is 0 Å². The maximum Gasteiger partial charge on any atom is 0.342 e. The first-order chi connectivity index (χ1) is 6.83. The zero-order valence-electron chi connectivity index (χ0n) is 7.55. The van der Waals surface area contributed by atoms with Crippen LogP contribution in [0.25, 0.3) is 6.08 Å². The van der Waals surface area contributed by atoms with E-state index < -0.39 is 5.97 Å². The largest absolute Gasteiger partial charge is 0.458 e. The van der Waals surface area contributed by atoms with Crippen molar-refractivity contribution in [2.75, 3.05) is 6.61 Å². The lowest BCUT2D eigenvalue weighted by Crippen LogP contribution is -2.03. The van der Waals surface area contributed by atoms with E-state index in [-0.39, 0.29) is 6.61 Å². The van der Waals surface area contributed by atoms with Gasteiger partial charge in [-0.2, -0.15) is 0 Å². The molecule has 0 aliphatic rings. The van der Waals surface area contributed by atoms with Crippen LogP contribution in [0, 0.1) is 0 Å². The zero-order valence-corrected chi connectivity index (χ0v) is 8.37. The zero-order chi connectivity index (χ0) is 10.2. The van der Waals surface area contributed by atoms with Gasteiger partial charge < -0.3 is 4.74 Å².